The molecule has 1 aromatic heterocycles. The maximum Gasteiger partial charge on any atom is 0.285 e. The van der Waals surface area contributed by atoms with E-state index >= 15 is 0 Å². The van der Waals surface area contributed by atoms with Crippen molar-refractivity contribution in [2.45, 2.75) is 56.5 Å². The highest BCUT2D eigenvalue weighted by molar-refractivity contribution is 8.06. The van der Waals surface area contributed by atoms with Gasteiger partial charge in [0.2, 0.25) is 5.88 Å². The van der Waals surface area contributed by atoms with Crippen molar-refractivity contribution in [2.75, 3.05) is 44.6 Å². The first-order chi connectivity index (χ1) is 24.6. The van der Waals surface area contributed by atoms with Crippen LogP contribution in [-0.2, 0) is 33.3 Å². The maximum atomic E-state index is 14.3. The first-order valence-electron chi connectivity index (χ1n) is 17.6. The number of nitrogens with zero attached hydrogens (tertiary/aromatic N) is 5. The van der Waals surface area contributed by atoms with Crippen LogP contribution < -0.4 is 14.4 Å². The highest BCUT2D eigenvalue weighted by Crippen LogP contribution is 2.47. The summed E-state index contributed by atoms with van der Waals surface area (Å²) in [7, 11) is 1.43. The predicted molar refractivity (Wildman–Crippen MR) is 198 cm³/mol. The van der Waals surface area contributed by atoms with Gasteiger partial charge in [-0.2, -0.15) is 4.36 Å². The smallest absolute Gasteiger partial charge is 0.285 e. The van der Waals surface area contributed by atoms with Gasteiger partial charge in [-0.15, -0.1) is 5.10 Å². The van der Waals surface area contributed by atoms with E-state index in [-0.39, 0.29) is 28.7 Å². The minimum absolute atomic E-state index is 0.0415. The summed E-state index contributed by atoms with van der Waals surface area (Å²) in [6.07, 6.45) is 11.8. The lowest BCUT2D eigenvalue weighted by Crippen LogP contribution is -2.49. The number of rotatable bonds is 4. The van der Waals surface area contributed by atoms with Gasteiger partial charge in [0.1, 0.15) is 16.9 Å². The Morgan fingerprint density at radius 2 is 2.04 bits per heavy atom. The number of fused-ring (bicyclic) bond motifs is 4. The van der Waals surface area contributed by atoms with Crippen LogP contribution >= 0.6 is 11.6 Å². The number of aromatic nitrogens is 2. The average molecular weight is 734 g/mol. The van der Waals surface area contributed by atoms with Crippen molar-refractivity contribution in [3.05, 3.63) is 82.0 Å². The minimum Gasteiger partial charge on any atom is -0.490 e. The van der Waals surface area contributed by atoms with Gasteiger partial charge in [-0.05, 0) is 98.2 Å². The number of hydrogen-bond acceptors (Lipinski definition) is 8. The van der Waals surface area contributed by atoms with Crippen molar-refractivity contribution in [3.8, 4) is 11.6 Å². The summed E-state index contributed by atoms with van der Waals surface area (Å²) in [5, 5.41) is 4.84. The molecule has 270 valence electrons. The Kier molecular flexibility index (Phi) is 10.1. The van der Waals surface area contributed by atoms with E-state index in [2.05, 4.69) is 43.6 Å². The zero-order valence-corrected chi connectivity index (χ0v) is 30.8. The summed E-state index contributed by atoms with van der Waals surface area (Å²) in [6.45, 7) is 1.99. The van der Waals surface area contributed by atoms with Crippen molar-refractivity contribution in [1.82, 2.24) is 9.78 Å². The molecule has 1 saturated carbocycles. The van der Waals surface area contributed by atoms with Gasteiger partial charge < -0.3 is 19.1 Å². The number of benzene rings is 2. The molecule has 2 bridgehead atoms. The Labute approximate surface area is 304 Å². The van der Waals surface area contributed by atoms with E-state index in [0.29, 0.717) is 49.1 Å². The van der Waals surface area contributed by atoms with Crippen molar-refractivity contribution in [1.29, 1.82) is 0 Å². The summed E-state index contributed by atoms with van der Waals surface area (Å²) in [5.41, 5.74) is 4.52. The second-order valence-corrected chi connectivity index (χ2v) is 16.7. The molecule has 11 nitrogen and oxygen atoms in total. The summed E-state index contributed by atoms with van der Waals surface area (Å²) in [5.74, 6) is 0.245. The number of ether oxygens (including phenoxy) is 3. The molecule has 1 spiro atoms. The van der Waals surface area contributed by atoms with Crippen molar-refractivity contribution < 1.29 is 28.0 Å². The van der Waals surface area contributed by atoms with Crippen LogP contribution in [0.2, 0.25) is 5.02 Å². The lowest BCUT2D eigenvalue weighted by atomic mass is 9.68. The van der Waals surface area contributed by atoms with Crippen LogP contribution in [0, 0.1) is 11.8 Å². The topological polar surface area (TPSA) is 125 Å². The van der Waals surface area contributed by atoms with E-state index in [0.717, 1.165) is 54.9 Å². The van der Waals surface area contributed by atoms with Gasteiger partial charge in [-0.25, -0.2) is 9.20 Å². The van der Waals surface area contributed by atoms with Crippen molar-refractivity contribution in [3.63, 3.8) is 0 Å². The molecule has 3 heterocycles. The third kappa shape index (κ3) is 7.23. The fourth-order valence-electron chi connectivity index (χ4n) is 8.10. The summed E-state index contributed by atoms with van der Waals surface area (Å²) in [4.78, 5) is 33.3. The van der Waals surface area contributed by atoms with E-state index in [1.165, 1.54) is 29.1 Å². The van der Waals surface area contributed by atoms with E-state index < -0.39 is 21.5 Å². The fraction of sp³-hybridized carbons (Fsp3) is 0.474. The monoisotopic (exact) mass is 733 g/mol. The number of carbonyl (C=O) groups is 2. The Balaban J connectivity index is 1.28. The molecule has 3 aromatic rings. The quantitative estimate of drug-likeness (QED) is 0.171. The Morgan fingerprint density at radius 3 is 2.82 bits per heavy atom. The molecule has 13 heteroatoms. The summed E-state index contributed by atoms with van der Waals surface area (Å²) < 4.78 is 37.8. The molecule has 0 saturated heterocycles. The first kappa shape index (κ1) is 35.4. The number of amides is 2. The van der Waals surface area contributed by atoms with Gasteiger partial charge in [-0.1, -0.05) is 29.8 Å². The number of hydrogen-bond donors (Lipinski definition) is 0. The molecule has 2 aromatic carbocycles. The number of methoxy groups -OCH3 is 2. The maximum absolute atomic E-state index is 14.3. The molecule has 1 unspecified atom stereocenters. The largest absolute Gasteiger partial charge is 0.490 e. The van der Waals surface area contributed by atoms with E-state index in [1.54, 1.807) is 20.2 Å². The molecule has 0 N–H and O–H groups in total. The number of carbonyl (C=O) groups excluding carboxylic acids is 2. The second-order valence-electron chi connectivity index (χ2n) is 14.1. The lowest BCUT2D eigenvalue weighted by Gasteiger charge is -2.46. The number of halogens is 1. The van der Waals surface area contributed by atoms with Gasteiger partial charge in [0.15, 0.2) is 0 Å². The molecule has 1 fully saturated rings. The Morgan fingerprint density at radius 1 is 1.18 bits per heavy atom. The SMILES string of the molecule is COc1nn(C)cc1C(=O)N=CS1(=O)=NC(=O)c2ccc3c(c2)N(C[C@@H]2CC[C@H]2[C@@H](OC)/C=C/CCC1)C[C@@]1(CCCc2cc(Cl)ccc21)CO3. The number of allylic oxidation sites excluding steroid dienone is 1. The third-order valence-electron chi connectivity index (χ3n) is 10.8. The number of aliphatic imine (C=N–C) groups is 1. The van der Waals surface area contributed by atoms with Crippen LogP contribution in [0.3, 0.4) is 0 Å². The predicted octanol–water partition coefficient (Wildman–Crippen LogP) is 6.42. The Bertz CT molecular complexity index is 2020. The average Bonchev–Trinajstić information content (AvgIpc) is 3.43. The molecule has 0 radical (unpaired) electrons. The molecule has 2 amide bonds. The van der Waals surface area contributed by atoms with Crippen LogP contribution in [0.5, 0.6) is 11.6 Å². The summed E-state index contributed by atoms with van der Waals surface area (Å²) in [6, 6.07) is 11.5. The number of aryl methyl sites for hydroxylation is 2. The highest BCUT2D eigenvalue weighted by Gasteiger charge is 2.44. The van der Waals surface area contributed by atoms with Gasteiger partial charge in [-0.3, -0.25) is 14.3 Å². The molecular formula is C38H44ClN5O6S. The zero-order valence-electron chi connectivity index (χ0n) is 29.3. The molecule has 5 atom stereocenters. The summed E-state index contributed by atoms with van der Waals surface area (Å²) >= 11 is 6.45. The molecule has 2 aliphatic heterocycles. The lowest BCUT2D eigenvalue weighted by molar-refractivity contribution is 0.0132. The minimum atomic E-state index is -3.39. The third-order valence-corrected chi connectivity index (χ3v) is 12.9. The van der Waals surface area contributed by atoms with Gasteiger partial charge >= 0.3 is 0 Å². The van der Waals surface area contributed by atoms with Crippen LogP contribution in [-0.4, -0.2) is 77.1 Å². The van der Waals surface area contributed by atoms with Crippen LogP contribution in [0.15, 0.2) is 64.1 Å². The normalized spacial score (nSPS) is 28.5. The molecule has 4 aliphatic rings. The second kappa shape index (κ2) is 14.6. The van der Waals surface area contributed by atoms with Crippen LogP contribution in [0.4, 0.5) is 5.69 Å². The van der Waals surface area contributed by atoms with Crippen molar-refractivity contribution in [2.24, 2.45) is 28.2 Å². The molecule has 2 aliphatic carbocycles. The highest BCUT2D eigenvalue weighted by atomic mass is 35.5. The first-order valence-corrected chi connectivity index (χ1v) is 19.7. The fourth-order valence-corrected chi connectivity index (χ4v) is 9.76. The standard InChI is InChI=1S/C38H44ClN5O6S/c1-43-21-30(37(41-43)49-3)36(46)40-24-51(47)17-6-4-5-9-33(48-2)29-13-10-27(29)20-44-22-38(16-7-8-25-18-28(39)12-14-31(25)38)23-50-34-15-11-26(19-32(34)44)35(45)42-51/h5,9,11-12,14-15,18-19,21,24,27,29,33H,4,6-8,10,13,16-17,20,22-23H2,1-3H3/b9-5+,40-24?/t27-,29+,33-,38-,51?/m0/s1. The molecule has 51 heavy (non-hydrogen) atoms. The molecule has 7 rings (SSSR count). The van der Waals surface area contributed by atoms with Gasteiger partial charge in [0.05, 0.1) is 35.2 Å². The van der Waals surface area contributed by atoms with Gasteiger partial charge in [0, 0.05) is 55.2 Å². The van der Waals surface area contributed by atoms with Crippen LogP contribution in [0.25, 0.3) is 0 Å². The van der Waals surface area contributed by atoms with E-state index in [4.69, 9.17) is 25.8 Å². The van der Waals surface area contributed by atoms with Gasteiger partial charge in [0.25, 0.3) is 11.8 Å². The van der Waals surface area contributed by atoms with Crippen molar-refractivity contribution >= 4 is 44.4 Å². The zero-order chi connectivity index (χ0) is 35.8. The Hall–Kier alpha value is -4.00. The van der Waals surface area contributed by atoms with E-state index in [9.17, 15) is 13.8 Å². The molecular weight excluding hydrogens is 690 g/mol. The number of anilines is 1. The van der Waals surface area contributed by atoms with E-state index in [1.807, 2.05) is 18.2 Å². The van der Waals surface area contributed by atoms with Crippen LogP contribution in [0.1, 0.15) is 70.4 Å².